The van der Waals surface area contributed by atoms with Gasteiger partial charge in [0, 0.05) is 19.2 Å². The fourth-order valence-corrected chi connectivity index (χ4v) is 2.99. The first-order valence-corrected chi connectivity index (χ1v) is 8.09. The summed E-state index contributed by atoms with van der Waals surface area (Å²) in [4.78, 5) is 8.94. The molecule has 1 aromatic rings. The lowest BCUT2D eigenvalue weighted by Crippen LogP contribution is -2.19. The summed E-state index contributed by atoms with van der Waals surface area (Å²) in [7, 11) is 0. The molecule has 0 unspecified atom stereocenters. The molecule has 0 aliphatic heterocycles. The molecule has 0 aromatic carbocycles. The highest BCUT2D eigenvalue weighted by Gasteiger charge is 2.41. The summed E-state index contributed by atoms with van der Waals surface area (Å²) in [6.45, 7) is 6.17. The highest BCUT2D eigenvalue weighted by Crippen LogP contribution is 2.49. The van der Waals surface area contributed by atoms with E-state index >= 15 is 0 Å². The Balaban J connectivity index is 1.59. The van der Waals surface area contributed by atoms with Crippen LogP contribution in [0.25, 0.3) is 0 Å². The number of aromatic nitrogens is 2. The van der Waals surface area contributed by atoms with Gasteiger partial charge in [0.2, 0.25) is 0 Å². The average molecular weight is 274 g/mol. The van der Waals surface area contributed by atoms with E-state index in [0.29, 0.717) is 0 Å². The van der Waals surface area contributed by atoms with Crippen molar-refractivity contribution in [1.29, 1.82) is 0 Å². The van der Waals surface area contributed by atoms with Crippen molar-refractivity contribution in [2.24, 2.45) is 17.8 Å². The first-order chi connectivity index (χ1) is 9.76. The van der Waals surface area contributed by atoms with Crippen molar-refractivity contribution in [2.75, 3.05) is 23.7 Å². The van der Waals surface area contributed by atoms with Gasteiger partial charge in [-0.05, 0) is 56.8 Å². The molecule has 4 nitrogen and oxygen atoms in total. The summed E-state index contributed by atoms with van der Waals surface area (Å²) in [5.41, 5.74) is 0. The molecular weight excluding hydrogens is 248 g/mol. The molecule has 2 fully saturated rings. The minimum absolute atomic E-state index is 0.836. The minimum Gasteiger partial charge on any atom is -0.370 e. The number of nitrogens with one attached hydrogen (secondary N) is 2. The zero-order valence-corrected chi connectivity index (χ0v) is 12.7. The van der Waals surface area contributed by atoms with Crippen LogP contribution in [0.5, 0.6) is 0 Å². The van der Waals surface area contributed by atoms with E-state index in [1.807, 2.05) is 13.0 Å². The van der Waals surface area contributed by atoms with Gasteiger partial charge in [-0.3, -0.25) is 0 Å². The van der Waals surface area contributed by atoms with E-state index in [2.05, 4.69) is 27.5 Å². The van der Waals surface area contributed by atoms with Gasteiger partial charge in [-0.15, -0.1) is 0 Å². The molecule has 20 heavy (non-hydrogen) atoms. The molecule has 1 heterocycles. The molecule has 0 saturated heterocycles. The highest BCUT2D eigenvalue weighted by atomic mass is 15.1. The molecule has 2 saturated carbocycles. The third-order valence-electron chi connectivity index (χ3n) is 4.37. The molecule has 3 rings (SSSR count). The predicted molar refractivity (Wildman–Crippen MR) is 83.0 cm³/mol. The maximum absolute atomic E-state index is 4.51. The Hall–Kier alpha value is -1.32. The second kappa shape index (κ2) is 5.98. The lowest BCUT2D eigenvalue weighted by Gasteiger charge is -2.17. The average Bonchev–Trinajstić information content (AvgIpc) is 3.28. The Morgan fingerprint density at radius 2 is 1.70 bits per heavy atom. The van der Waals surface area contributed by atoms with Crippen LogP contribution in [-0.2, 0) is 0 Å². The summed E-state index contributed by atoms with van der Waals surface area (Å²) < 4.78 is 0. The monoisotopic (exact) mass is 274 g/mol. The van der Waals surface area contributed by atoms with Crippen LogP contribution in [0.15, 0.2) is 6.07 Å². The van der Waals surface area contributed by atoms with Crippen molar-refractivity contribution in [3.63, 3.8) is 0 Å². The van der Waals surface area contributed by atoms with Crippen LogP contribution < -0.4 is 10.6 Å². The molecule has 4 heteroatoms. The largest absolute Gasteiger partial charge is 0.370 e. The first kappa shape index (κ1) is 13.7. The van der Waals surface area contributed by atoms with Crippen molar-refractivity contribution in [2.45, 2.75) is 46.0 Å². The van der Waals surface area contributed by atoms with Gasteiger partial charge < -0.3 is 10.6 Å². The van der Waals surface area contributed by atoms with Crippen LogP contribution in [0, 0.1) is 24.7 Å². The summed E-state index contributed by atoms with van der Waals surface area (Å²) in [5.74, 6) is 5.59. The van der Waals surface area contributed by atoms with Gasteiger partial charge in [0.05, 0.1) is 0 Å². The zero-order chi connectivity index (χ0) is 13.9. The number of rotatable bonds is 8. The molecule has 0 amide bonds. The highest BCUT2D eigenvalue weighted by molar-refractivity contribution is 5.47. The molecule has 2 N–H and O–H groups in total. The van der Waals surface area contributed by atoms with Gasteiger partial charge in [-0.2, -0.15) is 0 Å². The summed E-state index contributed by atoms with van der Waals surface area (Å²) in [6.07, 6.45) is 6.87. The molecule has 2 aliphatic carbocycles. The van der Waals surface area contributed by atoms with E-state index in [1.165, 1.54) is 25.7 Å². The van der Waals surface area contributed by atoms with Crippen molar-refractivity contribution in [1.82, 2.24) is 9.97 Å². The molecule has 0 atom stereocenters. The molecule has 0 radical (unpaired) electrons. The van der Waals surface area contributed by atoms with E-state index < -0.39 is 0 Å². The maximum atomic E-state index is 4.51. The minimum atomic E-state index is 0.836. The number of nitrogens with zero attached hydrogens (tertiary/aromatic N) is 2. The number of hydrogen-bond donors (Lipinski definition) is 2. The maximum Gasteiger partial charge on any atom is 0.131 e. The van der Waals surface area contributed by atoms with Gasteiger partial charge in [0.15, 0.2) is 0 Å². The Kier molecular flexibility index (Phi) is 4.08. The Labute approximate surface area is 121 Å². The standard InChI is InChI=1S/C16H26N4/c1-3-8-17-15-9-16(20-11(2)19-15)18-10-14(12-4-5-12)13-6-7-13/h9,12-14H,3-8,10H2,1-2H3,(H2,17,18,19,20). The first-order valence-electron chi connectivity index (χ1n) is 8.09. The van der Waals surface area contributed by atoms with Crippen LogP contribution in [-0.4, -0.2) is 23.1 Å². The van der Waals surface area contributed by atoms with Crippen LogP contribution in [0.4, 0.5) is 11.6 Å². The Morgan fingerprint density at radius 3 is 2.25 bits per heavy atom. The van der Waals surface area contributed by atoms with Gasteiger partial charge in [-0.1, -0.05) is 6.92 Å². The molecule has 0 spiro atoms. The fourth-order valence-electron chi connectivity index (χ4n) is 2.99. The Bertz CT molecular complexity index is 440. The van der Waals surface area contributed by atoms with Crippen LogP contribution in [0.3, 0.4) is 0 Å². The van der Waals surface area contributed by atoms with Crippen molar-refractivity contribution in [3.05, 3.63) is 11.9 Å². The van der Waals surface area contributed by atoms with E-state index in [0.717, 1.165) is 54.7 Å². The topological polar surface area (TPSA) is 49.8 Å². The van der Waals surface area contributed by atoms with Crippen molar-refractivity contribution < 1.29 is 0 Å². The number of aryl methyl sites for hydroxylation is 1. The zero-order valence-electron chi connectivity index (χ0n) is 12.7. The third kappa shape index (κ3) is 3.62. The van der Waals surface area contributed by atoms with Crippen LogP contribution in [0.2, 0.25) is 0 Å². The predicted octanol–water partition coefficient (Wildman–Crippen LogP) is 3.46. The van der Waals surface area contributed by atoms with Gasteiger partial charge in [-0.25, -0.2) is 9.97 Å². The Morgan fingerprint density at radius 1 is 1.10 bits per heavy atom. The lowest BCUT2D eigenvalue weighted by molar-refractivity contribution is 0.427. The van der Waals surface area contributed by atoms with Gasteiger partial charge >= 0.3 is 0 Å². The molecule has 1 aromatic heterocycles. The second-order valence-corrected chi connectivity index (χ2v) is 6.33. The van der Waals surface area contributed by atoms with Crippen molar-refractivity contribution >= 4 is 11.6 Å². The normalized spacial score (nSPS) is 18.4. The molecular formula is C16H26N4. The third-order valence-corrected chi connectivity index (χ3v) is 4.37. The van der Waals surface area contributed by atoms with Crippen LogP contribution in [0.1, 0.15) is 44.9 Å². The quantitative estimate of drug-likeness (QED) is 0.762. The smallest absolute Gasteiger partial charge is 0.131 e. The van der Waals surface area contributed by atoms with Gasteiger partial charge in [0.1, 0.15) is 17.5 Å². The lowest BCUT2D eigenvalue weighted by atomic mass is 9.98. The molecule has 2 aliphatic rings. The number of hydrogen-bond acceptors (Lipinski definition) is 4. The summed E-state index contributed by atoms with van der Waals surface area (Å²) >= 11 is 0. The summed E-state index contributed by atoms with van der Waals surface area (Å²) in [6, 6.07) is 2.04. The molecule has 110 valence electrons. The van der Waals surface area contributed by atoms with E-state index in [4.69, 9.17) is 0 Å². The molecule has 0 bridgehead atoms. The summed E-state index contributed by atoms with van der Waals surface area (Å²) in [5, 5.41) is 6.90. The fraction of sp³-hybridized carbons (Fsp3) is 0.750. The number of anilines is 2. The van der Waals surface area contributed by atoms with Gasteiger partial charge in [0.25, 0.3) is 0 Å². The second-order valence-electron chi connectivity index (χ2n) is 6.33. The van der Waals surface area contributed by atoms with Crippen molar-refractivity contribution in [3.8, 4) is 0 Å². The van der Waals surface area contributed by atoms with E-state index in [9.17, 15) is 0 Å². The van der Waals surface area contributed by atoms with E-state index in [1.54, 1.807) is 0 Å². The van der Waals surface area contributed by atoms with E-state index in [-0.39, 0.29) is 0 Å². The van der Waals surface area contributed by atoms with Crippen LogP contribution >= 0.6 is 0 Å². The SMILES string of the molecule is CCCNc1cc(NCC(C2CC2)C2CC2)nc(C)n1.